The maximum absolute atomic E-state index is 12.9. The molecule has 26 heavy (non-hydrogen) atoms. The Balaban J connectivity index is 1.41. The lowest BCUT2D eigenvalue weighted by Gasteiger charge is -2.25. The third-order valence-corrected chi connectivity index (χ3v) is 5.24. The standard InChI is InChI=1S/C22H26FNO2/c23-20-8-6-17(7-9-20)11-15-24-14-3-12-22(26)13-10-18-4-1-2-5-19(18)16-21(22)25/h1-2,4-9,24,26H,3,10-16H2. The minimum atomic E-state index is -1.21. The van der Waals surface area contributed by atoms with Gasteiger partial charge >= 0.3 is 0 Å². The fraction of sp³-hybridized carbons (Fsp3) is 0.409. The summed E-state index contributed by atoms with van der Waals surface area (Å²) < 4.78 is 12.9. The molecule has 0 bridgehead atoms. The highest BCUT2D eigenvalue weighted by molar-refractivity contribution is 5.89. The fourth-order valence-corrected chi connectivity index (χ4v) is 3.57. The van der Waals surface area contributed by atoms with E-state index in [1.807, 2.05) is 24.3 Å². The van der Waals surface area contributed by atoms with Gasteiger partial charge in [-0.15, -0.1) is 0 Å². The van der Waals surface area contributed by atoms with E-state index in [2.05, 4.69) is 5.32 Å². The highest BCUT2D eigenvalue weighted by Gasteiger charge is 2.36. The zero-order chi connectivity index (χ0) is 18.4. The maximum Gasteiger partial charge on any atom is 0.168 e. The van der Waals surface area contributed by atoms with Gasteiger partial charge in [0, 0.05) is 6.42 Å². The summed E-state index contributed by atoms with van der Waals surface area (Å²) in [5.74, 6) is -0.279. The summed E-state index contributed by atoms with van der Waals surface area (Å²) >= 11 is 0. The van der Waals surface area contributed by atoms with Gasteiger partial charge in [-0.2, -0.15) is 0 Å². The zero-order valence-corrected chi connectivity index (χ0v) is 15.0. The van der Waals surface area contributed by atoms with E-state index in [0.29, 0.717) is 19.3 Å². The predicted octanol–water partition coefficient (Wildman–Crippen LogP) is 3.23. The van der Waals surface area contributed by atoms with Gasteiger partial charge in [-0.05, 0) is 74.0 Å². The Morgan fingerprint density at radius 3 is 2.54 bits per heavy atom. The van der Waals surface area contributed by atoms with Crippen LogP contribution in [-0.2, 0) is 24.1 Å². The van der Waals surface area contributed by atoms with Crippen molar-refractivity contribution in [2.75, 3.05) is 13.1 Å². The molecule has 1 aliphatic carbocycles. The average Bonchev–Trinajstić information content (AvgIpc) is 2.77. The number of carbonyl (C=O) groups is 1. The first kappa shape index (κ1) is 18.7. The molecule has 0 aromatic heterocycles. The van der Waals surface area contributed by atoms with Crippen molar-refractivity contribution < 1.29 is 14.3 Å². The van der Waals surface area contributed by atoms with Crippen molar-refractivity contribution in [1.29, 1.82) is 0 Å². The van der Waals surface area contributed by atoms with Gasteiger partial charge in [0.05, 0.1) is 0 Å². The smallest absolute Gasteiger partial charge is 0.168 e. The Labute approximate surface area is 154 Å². The molecule has 1 aliphatic rings. The van der Waals surface area contributed by atoms with Crippen molar-refractivity contribution in [1.82, 2.24) is 5.32 Å². The van der Waals surface area contributed by atoms with Crippen LogP contribution in [0.4, 0.5) is 4.39 Å². The van der Waals surface area contributed by atoms with Crippen LogP contribution in [0.25, 0.3) is 0 Å². The molecule has 2 N–H and O–H groups in total. The number of aryl methyl sites for hydroxylation is 1. The van der Waals surface area contributed by atoms with Crippen molar-refractivity contribution in [2.45, 2.75) is 44.1 Å². The molecule has 1 unspecified atom stereocenters. The second-order valence-electron chi connectivity index (χ2n) is 7.13. The zero-order valence-electron chi connectivity index (χ0n) is 15.0. The van der Waals surface area contributed by atoms with Gasteiger partial charge in [0.15, 0.2) is 5.78 Å². The highest BCUT2D eigenvalue weighted by atomic mass is 19.1. The first-order valence-electron chi connectivity index (χ1n) is 9.34. The Hall–Kier alpha value is -2.04. The summed E-state index contributed by atoms with van der Waals surface area (Å²) in [5.41, 5.74) is 2.10. The van der Waals surface area contributed by atoms with Gasteiger partial charge in [-0.3, -0.25) is 4.79 Å². The van der Waals surface area contributed by atoms with Crippen LogP contribution in [0.5, 0.6) is 0 Å². The first-order valence-corrected chi connectivity index (χ1v) is 9.34. The van der Waals surface area contributed by atoms with Gasteiger partial charge in [0.25, 0.3) is 0 Å². The van der Waals surface area contributed by atoms with Crippen molar-refractivity contribution in [3.05, 3.63) is 71.0 Å². The molecule has 0 spiro atoms. The summed E-state index contributed by atoms with van der Waals surface area (Å²) in [6, 6.07) is 14.5. The molecule has 138 valence electrons. The van der Waals surface area contributed by atoms with Crippen molar-refractivity contribution in [3.63, 3.8) is 0 Å². The second kappa shape index (κ2) is 8.56. The Morgan fingerprint density at radius 2 is 1.77 bits per heavy atom. The van der Waals surface area contributed by atoms with E-state index in [1.54, 1.807) is 12.1 Å². The Morgan fingerprint density at radius 1 is 1.04 bits per heavy atom. The van der Waals surface area contributed by atoms with Gasteiger partial charge in [-0.1, -0.05) is 36.4 Å². The molecule has 3 nitrogen and oxygen atoms in total. The minimum absolute atomic E-state index is 0.0613. The molecule has 0 amide bonds. The van der Waals surface area contributed by atoms with Gasteiger partial charge in [-0.25, -0.2) is 4.39 Å². The highest BCUT2D eigenvalue weighted by Crippen LogP contribution is 2.28. The average molecular weight is 355 g/mol. The number of ketones is 1. The van der Waals surface area contributed by atoms with E-state index in [4.69, 9.17) is 0 Å². The number of rotatable bonds is 7. The summed E-state index contributed by atoms with van der Waals surface area (Å²) in [6.45, 7) is 1.55. The molecule has 2 aromatic carbocycles. The number of hydrogen-bond acceptors (Lipinski definition) is 3. The van der Waals surface area contributed by atoms with Crippen LogP contribution < -0.4 is 5.32 Å². The number of Topliss-reactive ketones (excluding diaryl/α,β-unsaturated/α-hetero) is 1. The fourth-order valence-electron chi connectivity index (χ4n) is 3.57. The minimum Gasteiger partial charge on any atom is -0.382 e. The first-order chi connectivity index (χ1) is 12.6. The van der Waals surface area contributed by atoms with Crippen molar-refractivity contribution in [2.24, 2.45) is 0 Å². The quantitative estimate of drug-likeness (QED) is 0.592. The van der Waals surface area contributed by atoms with E-state index >= 15 is 0 Å². The molecule has 0 radical (unpaired) electrons. The van der Waals surface area contributed by atoms with Crippen LogP contribution in [0.3, 0.4) is 0 Å². The molecule has 4 heteroatoms. The lowest BCUT2D eigenvalue weighted by molar-refractivity contribution is -0.137. The predicted molar refractivity (Wildman–Crippen MR) is 101 cm³/mol. The van der Waals surface area contributed by atoms with Crippen LogP contribution in [-0.4, -0.2) is 29.6 Å². The summed E-state index contributed by atoms with van der Waals surface area (Å²) in [7, 11) is 0. The third kappa shape index (κ3) is 4.77. The van der Waals surface area contributed by atoms with Gasteiger partial charge < -0.3 is 10.4 Å². The van der Waals surface area contributed by atoms with Gasteiger partial charge in [0.2, 0.25) is 0 Å². The molecule has 2 aromatic rings. The normalized spacial score (nSPS) is 19.8. The molecular weight excluding hydrogens is 329 g/mol. The van der Waals surface area contributed by atoms with Crippen LogP contribution in [0, 0.1) is 5.82 Å². The number of nitrogens with one attached hydrogen (secondary N) is 1. The number of aliphatic hydroxyl groups is 1. The van der Waals surface area contributed by atoms with Crippen LogP contribution >= 0.6 is 0 Å². The number of halogens is 1. The molecular formula is C22H26FNO2. The number of fused-ring (bicyclic) bond motifs is 1. The topological polar surface area (TPSA) is 49.3 Å². The summed E-state index contributed by atoms with van der Waals surface area (Å²) in [6.07, 6.45) is 3.64. The summed E-state index contributed by atoms with van der Waals surface area (Å²) in [5, 5.41) is 14.2. The van der Waals surface area contributed by atoms with Crippen LogP contribution in [0.15, 0.2) is 48.5 Å². The SMILES string of the molecule is O=C1Cc2ccccc2CCC1(O)CCCNCCc1ccc(F)cc1. The molecule has 1 atom stereocenters. The van der Waals surface area contributed by atoms with E-state index in [9.17, 15) is 14.3 Å². The maximum atomic E-state index is 12.9. The molecule has 0 saturated carbocycles. The van der Waals surface area contributed by atoms with Gasteiger partial charge in [0.1, 0.15) is 11.4 Å². The lowest BCUT2D eigenvalue weighted by Crippen LogP contribution is -2.39. The number of benzene rings is 2. The van der Waals surface area contributed by atoms with Crippen molar-refractivity contribution >= 4 is 5.78 Å². The number of hydrogen-bond donors (Lipinski definition) is 2. The largest absolute Gasteiger partial charge is 0.382 e. The molecule has 0 aliphatic heterocycles. The lowest BCUT2D eigenvalue weighted by atomic mass is 9.88. The summed E-state index contributed by atoms with van der Waals surface area (Å²) in [4.78, 5) is 12.5. The Kier molecular flexibility index (Phi) is 6.17. The van der Waals surface area contributed by atoms with E-state index < -0.39 is 5.60 Å². The second-order valence-corrected chi connectivity index (χ2v) is 7.13. The van der Waals surface area contributed by atoms with E-state index in [1.165, 1.54) is 17.7 Å². The molecule has 0 heterocycles. The third-order valence-electron chi connectivity index (χ3n) is 5.24. The van der Waals surface area contributed by atoms with E-state index in [0.717, 1.165) is 43.5 Å². The monoisotopic (exact) mass is 355 g/mol. The van der Waals surface area contributed by atoms with Crippen LogP contribution in [0.2, 0.25) is 0 Å². The molecule has 3 rings (SSSR count). The molecule has 0 saturated heterocycles. The van der Waals surface area contributed by atoms with Crippen LogP contribution in [0.1, 0.15) is 36.0 Å². The van der Waals surface area contributed by atoms with Crippen molar-refractivity contribution in [3.8, 4) is 0 Å². The number of carbonyl (C=O) groups excluding carboxylic acids is 1. The molecule has 0 fully saturated rings. The Bertz CT molecular complexity index is 744. The van der Waals surface area contributed by atoms with E-state index in [-0.39, 0.29) is 11.6 Å².